The summed E-state index contributed by atoms with van der Waals surface area (Å²) in [4.78, 5) is 15.8. The predicted octanol–water partition coefficient (Wildman–Crippen LogP) is 1.33. The number of rotatable bonds is 6. The SMILES string of the molecule is CNC(CC(C)C)C(=O)NCc1ccncc1. The van der Waals surface area contributed by atoms with Gasteiger partial charge in [-0.25, -0.2) is 0 Å². The van der Waals surface area contributed by atoms with Crippen molar-refractivity contribution in [3.05, 3.63) is 30.1 Å². The summed E-state index contributed by atoms with van der Waals surface area (Å²) in [5.74, 6) is 0.553. The summed E-state index contributed by atoms with van der Waals surface area (Å²) in [7, 11) is 1.82. The molecule has 0 saturated carbocycles. The Hall–Kier alpha value is -1.42. The number of nitrogens with one attached hydrogen (secondary N) is 2. The summed E-state index contributed by atoms with van der Waals surface area (Å²) in [5.41, 5.74) is 1.06. The van der Waals surface area contributed by atoms with Crippen LogP contribution in [-0.4, -0.2) is 24.0 Å². The van der Waals surface area contributed by atoms with Crippen LogP contribution in [0, 0.1) is 5.92 Å². The molecule has 1 aromatic rings. The van der Waals surface area contributed by atoms with Crippen LogP contribution in [0.5, 0.6) is 0 Å². The van der Waals surface area contributed by atoms with Gasteiger partial charge in [0.25, 0.3) is 0 Å². The van der Waals surface area contributed by atoms with Crippen molar-refractivity contribution >= 4 is 5.91 Å². The number of hydrogen-bond donors (Lipinski definition) is 2. The molecule has 0 aromatic carbocycles. The molecule has 0 fully saturated rings. The Morgan fingerprint density at radius 1 is 1.35 bits per heavy atom. The van der Waals surface area contributed by atoms with Gasteiger partial charge in [0.1, 0.15) is 0 Å². The van der Waals surface area contributed by atoms with Gasteiger partial charge in [-0.15, -0.1) is 0 Å². The van der Waals surface area contributed by atoms with E-state index in [0.29, 0.717) is 12.5 Å². The first-order chi connectivity index (χ1) is 8.13. The van der Waals surface area contributed by atoms with E-state index in [-0.39, 0.29) is 11.9 Å². The van der Waals surface area contributed by atoms with Gasteiger partial charge in [0.15, 0.2) is 0 Å². The first-order valence-corrected chi connectivity index (χ1v) is 5.97. The van der Waals surface area contributed by atoms with E-state index in [0.717, 1.165) is 12.0 Å². The van der Waals surface area contributed by atoms with E-state index < -0.39 is 0 Å². The van der Waals surface area contributed by atoms with Gasteiger partial charge in [-0.3, -0.25) is 9.78 Å². The van der Waals surface area contributed by atoms with Crippen LogP contribution >= 0.6 is 0 Å². The van der Waals surface area contributed by atoms with Crippen molar-refractivity contribution < 1.29 is 4.79 Å². The maximum absolute atomic E-state index is 11.9. The average molecular weight is 235 g/mol. The van der Waals surface area contributed by atoms with Crippen LogP contribution in [0.4, 0.5) is 0 Å². The summed E-state index contributed by atoms with van der Waals surface area (Å²) < 4.78 is 0. The maximum atomic E-state index is 11.9. The van der Waals surface area contributed by atoms with Crippen LogP contribution in [0.25, 0.3) is 0 Å². The van der Waals surface area contributed by atoms with Crippen LogP contribution in [0.15, 0.2) is 24.5 Å². The molecule has 0 bridgehead atoms. The van der Waals surface area contributed by atoms with Crippen molar-refractivity contribution in [1.82, 2.24) is 15.6 Å². The fourth-order valence-corrected chi connectivity index (χ4v) is 1.64. The molecule has 1 aromatic heterocycles. The van der Waals surface area contributed by atoms with Gasteiger partial charge in [0, 0.05) is 18.9 Å². The lowest BCUT2D eigenvalue weighted by Gasteiger charge is -2.17. The Morgan fingerprint density at radius 2 is 2.00 bits per heavy atom. The highest BCUT2D eigenvalue weighted by atomic mass is 16.2. The van der Waals surface area contributed by atoms with E-state index in [2.05, 4.69) is 29.5 Å². The number of pyridine rings is 1. The molecule has 1 atom stereocenters. The summed E-state index contributed by atoms with van der Waals surface area (Å²) >= 11 is 0. The molecule has 17 heavy (non-hydrogen) atoms. The Morgan fingerprint density at radius 3 is 2.53 bits per heavy atom. The molecule has 4 nitrogen and oxygen atoms in total. The fourth-order valence-electron chi connectivity index (χ4n) is 1.64. The summed E-state index contributed by atoms with van der Waals surface area (Å²) in [5, 5.41) is 5.97. The molecule has 0 saturated heterocycles. The van der Waals surface area contributed by atoms with Crippen molar-refractivity contribution in [3.8, 4) is 0 Å². The molecule has 1 amide bonds. The second kappa shape index (κ2) is 7.01. The Kier molecular flexibility index (Phi) is 5.63. The fraction of sp³-hybridized carbons (Fsp3) is 0.538. The number of likely N-dealkylation sites (N-methyl/N-ethyl adjacent to an activating group) is 1. The van der Waals surface area contributed by atoms with Gasteiger partial charge in [-0.05, 0) is 37.1 Å². The number of aromatic nitrogens is 1. The highest BCUT2D eigenvalue weighted by Crippen LogP contribution is 2.04. The third-order valence-corrected chi connectivity index (χ3v) is 2.59. The van der Waals surface area contributed by atoms with Crippen molar-refractivity contribution in [1.29, 1.82) is 0 Å². The van der Waals surface area contributed by atoms with Crippen molar-refractivity contribution in [3.63, 3.8) is 0 Å². The third kappa shape index (κ3) is 4.95. The van der Waals surface area contributed by atoms with Gasteiger partial charge >= 0.3 is 0 Å². The summed E-state index contributed by atoms with van der Waals surface area (Å²) in [6, 6.07) is 3.69. The average Bonchev–Trinajstić information content (AvgIpc) is 2.34. The molecule has 1 rings (SSSR count). The molecule has 4 heteroatoms. The molecule has 2 N–H and O–H groups in total. The number of nitrogens with zero attached hydrogens (tertiary/aromatic N) is 1. The lowest BCUT2D eigenvalue weighted by Crippen LogP contribution is -2.43. The first-order valence-electron chi connectivity index (χ1n) is 5.97. The number of hydrogen-bond acceptors (Lipinski definition) is 3. The number of carbonyl (C=O) groups excluding carboxylic acids is 1. The molecule has 0 radical (unpaired) electrons. The monoisotopic (exact) mass is 235 g/mol. The molecule has 0 aliphatic rings. The van der Waals surface area contributed by atoms with Crippen molar-refractivity contribution in [2.45, 2.75) is 32.9 Å². The first kappa shape index (κ1) is 13.6. The minimum atomic E-state index is -0.114. The lowest BCUT2D eigenvalue weighted by molar-refractivity contribution is -0.123. The smallest absolute Gasteiger partial charge is 0.237 e. The molecular formula is C13H21N3O. The molecule has 94 valence electrons. The number of carbonyl (C=O) groups is 1. The van der Waals surface area contributed by atoms with Crippen LogP contribution in [0.2, 0.25) is 0 Å². The second-order valence-corrected chi connectivity index (χ2v) is 4.54. The topological polar surface area (TPSA) is 54.0 Å². The molecular weight excluding hydrogens is 214 g/mol. The van der Waals surface area contributed by atoms with Gasteiger partial charge in [0.2, 0.25) is 5.91 Å². The van der Waals surface area contributed by atoms with E-state index in [1.807, 2.05) is 19.2 Å². The maximum Gasteiger partial charge on any atom is 0.237 e. The highest BCUT2D eigenvalue weighted by Gasteiger charge is 2.16. The summed E-state index contributed by atoms with van der Waals surface area (Å²) in [6.45, 7) is 4.78. The standard InChI is InChI=1S/C13H21N3O/c1-10(2)8-12(14-3)13(17)16-9-11-4-6-15-7-5-11/h4-7,10,12,14H,8-9H2,1-3H3,(H,16,17). The van der Waals surface area contributed by atoms with Crippen LogP contribution in [0.1, 0.15) is 25.8 Å². The normalized spacial score (nSPS) is 12.5. The molecule has 1 heterocycles. The Balaban J connectivity index is 2.42. The Labute approximate surface area is 103 Å². The van der Waals surface area contributed by atoms with Crippen molar-refractivity contribution in [2.75, 3.05) is 7.05 Å². The zero-order valence-electron chi connectivity index (χ0n) is 10.7. The van der Waals surface area contributed by atoms with Crippen molar-refractivity contribution in [2.24, 2.45) is 5.92 Å². The van der Waals surface area contributed by atoms with Crippen LogP contribution in [-0.2, 0) is 11.3 Å². The molecule has 0 aliphatic heterocycles. The van der Waals surface area contributed by atoms with E-state index in [4.69, 9.17) is 0 Å². The Bertz CT molecular complexity index is 338. The molecule has 0 spiro atoms. The molecule has 0 aliphatic carbocycles. The summed E-state index contributed by atoms with van der Waals surface area (Å²) in [6.07, 6.45) is 4.30. The van der Waals surface area contributed by atoms with E-state index in [9.17, 15) is 4.79 Å². The second-order valence-electron chi connectivity index (χ2n) is 4.54. The van der Waals surface area contributed by atoms with E-state index >= 15 is 0 Å². The van der Waals surface area contributed by atoms with Crippen LogP contribution < -0.4 is 10.6 Å². The zero-order chi connectivity index (χ0) is 12.7. The number of amides is 1. The largest absolute Gasteiger partial charge is 0.351 e. The van der Waals surface area contributed by atoms with Gasteiger partial charge in [0.05, 0.1) is 6.04 Å². The van der Waals surface area contributed by atoms with Gasteiger partial charge in [-0.1, -0.05) is 13.8 Å². The van der Waals surface area contributed by atoms with E-state index in [1.54, 1.807) is 12.4 Å². The minimum Gasteiger partial charge on any atom is -0.351 e. The highest BCUT2D eigenvalue weighted by molar-refractivity contribution is 5.81. The predicted molar refractivity (Wildman–Crippen MR) is 68.4 cm³/mol. The van der Waals surface area contributed by atoms with Crippen LogP contribution in [0.3, 0.4) is 0 Å². The minimum absolute atomic E-state index is 0.0537. The third-order valence-electron chi connectivity index (χ3n) is 2.59. The zero-order valence-corrected chi connectivity index (χ0v) is 10.7. The lowest BCUT2D eigenvalue weighted by atomic mass is 10.0. The quantitative estimate of drug-likeness (QED) is 0.782. The van der Waals surface area contributed by atoms with Gasteiger partial charge < -0.3 is 10.6 Å². The molecule has 1 unspecified atom stereocenters. The van der Waals surface area contributed by atoms with Gasteiger partial charge in [-0.2, -0.15) is 0 Å². The van der Waals surface area contributed by atoms with E-state index in [1.165, 1.54) is 0 Å².